The molecule has 2 nitrogen and oxygen atoms in total. The Balaban J connectivity index is 2.18. The Morgan fingerprint density at radius 2 is 1.94 bits per heavy atom. The molecule has 1 aromatic rings. The van der Waals surface area contributed by atoms with Crippen LogP contribution in [-0.4, -0.2) is 30.1 Å². The van der Waals surface area contributed by atoms with Gasteiger partial charge in [-0.3, -0.25) is 4.90 Å². The molecule has 1 N–H and O–H groups in total. The van der Waals surface area contributed by atoms with Gasteiger partial charge in [-0.15, -0.1) is 11.3 Å². The van der Waals surface area contributed by atoms with Crippen LogP contribution in [0.5, 0.6) is 0 Å². The highest BCUT2D eigenvalue weighted by atomic mass is 32.1. The second kappa shape index (κ2) is 7.05. The largest absolute Gasteiger partial charge is 0.311 e. The molecule has 0 fully saturated rings. The van der Waals surface area contributed by atoms with Crippen molar-refractivity contribution in [2.75, 3.05) is 13.1 Å². The molecule has 0 bridgehead atoms. The molecule has 3 heteroatoms. The molecule has 0 aliphatic rings. The molecule has 0 atom stereocenters. The second-order valence-electron chi connectivity index (χ2n) is 4.68. The van der Waals surface area contributed by atoms with Gasteiger partial charge in [-0.25, -0.2) is 0 Å². The van der Waals surface area contributed by atoms with Crippen molar-refractivity contribution in [2.24, 2.45) is 0 Å². The van der Waals surface area contributed by atoms with Gasteiger partial charge in [0.15, 0.2) is 0 Å². The lowest BCUT2D eigenvalue weighted by molar-refractivity contribution is 0.176. The van der Waals surface area contributed by atoms with Crippen molar-refractivity contribution < 1.29 is 0 Å². The number of thiophene rings is 1. The Bertz CT molecular complexity index is 259. The van der Waals surface area contributed by atoms with Crippen molar-refractivity contribution in [1.29, 1.82) is 0 Å². The van der Waals surface area contributed by atoms with Crippen LogP contribution >= 0.6 is 11.3 Å². The lowest BCUT2D eigenvalue weighted by Crippen LogP contribution is -2.41. The number of rotatable bonds is 7. The molecule has 0 spiro atoms. The highest BCUT2D eigenvalue weighted by Gasteiger charge is 2.11. The van der Waals surface area contributed by atoms with E-state index in [2.05, 4.69) is 55.4 Å². The first-order valence-electron chi connectivity index (χ1n) is 6.10. The summed E-state index contributed by atoms with van der Waals surface area (Å²) >= 11 is 1.82. The van der Waals surface area contributed by atoms with Crippen LogP contribution in [-0.2, 0) is 6.54 Å². The summed E-state index contributed by atoms with van der Waals surface area (Å²) < 4.78 is 0. The first kappa shape index (κ1) is 13.7. The van der Waals surface area contributed by atoms with E-state index in [0.29, 0.717) is 12.1 Å². The minimum absolute atomic E-state index is 0.628. The molecule has 1 heterocycles. The summed E-state index contributed by atoms with van der Waals surface area (Å²) in [6.45, 7) is 12.2. The normalized spacial score (nSPS) is 11.9. The highest BCUT2D eigenvalue weighted by molar-refractivity contribution is 7.09. The fourth-order valence-electron chi connectivity index (χ4n) is 1.95. The molecule has 0 amide bonds. The molecular formula is C13H24N2S. The van der Waals surface area contributed by atoms with Crippen LogP contribution in [0.15, 0.2) is 17.5 Å². The Hall–Kier alpha value is -0.380. The van der Waals surface area contributed by atoms with Crippen molar-refractivity contribution in [3.63, 3.8) is 0 Å². The molecule has 92 valence electrons. The van der Waals surface area contributed by atoms with Gasteiger partial charge in [-0.2, -0.15) is 0 Å². The average molecular weight is 240 g/mol. The van der Waals surface area contributed by atoms with Crippen molar-refractivity contribution in [1.82, 2.24) is 10.2 Å². The maximum Gasteiger partial charge on any atom is 0.0300 e. The van der Waals surface area contributed by atoms with Crippen LogP contribution in [0.3, 0.4) is 0 Å². The summed E-state index contributed by atoms with van der Waals surface area (Å²) in [7, 11) is 0. The van der Waals surface area contributed by atoms with Crippen LogP contribution in [0.25, 0.3) is 0 Å². The van der Waals surface area contributed by atoms with E-state index in [4.69, 9.17) is 0 Å². The fraction of sp³-hybridized carbons (Fsp3) is 0.692. The van der Waals surface area contributed by atoms with Crippen molar-refractivity contribution in [2.45, 2.75) is 46.3 Å². The smallest absolute Gasteiger partial charge is 0.0300 e. The van der Waals surface area contributed by atoms with Gasteiger partial charge in [-0.1, -0.05) is 6.07 Å². The molecule has 0 saturated heterocycles. The quantitative estimate of drug-likeness (QED) is 0.737. The molecule has 0 unspecified atom stereocenters. The van der Waals surface area contributed by atoms with Crippen molar-refractivity contribution >= 4 is 11.3 Å². The predicted octanol–water partition coefficient (Wildman–Crippen LogP) is 2.96. The number of nitrogens with zero attached hydrogens (tertiary/aromatic N) is 1. The van der Waals surface area contributed by atoms with Crippen LogP contribution in [0.4, 0.5) is 0 Å². The Morgan fingerprint density at radius 3 is 2.44 bits per heavy atom. The summed E-state index contributed by atoms with van der Waals surface area (Å²) in [4.78, 5) is 3.93. The SMILES string of the molecule is CC(C)N(CCNCc1cccs1)C(C)C. The average Bonchev–Trinajstić information content (AvgIpc) is 2.68. The van der Waals surface area contributed by atoms with E-state index in [1.54, 1.807) is 0 Å². The number of hydrogen-bond donors (Lipinski definition) is 1. The third-order valence-electron chi connectivity index (χ3n) is 2.75. The van der Waals surface area contributed by atoms with Crippen LogP contribution in [0.2, 0.25) is 0 Å². The Morgan fingerprint density at radius 1 is 1.25 bits per heavy atom. The predicted molar refractivity (Wildman–Crippen MR) is 73.0 cm³/mol. The first-order valence-corrected chi connectivity index (χ1v) is 6.98. The highest BCUT2D eigenvalue weighted by Crippen LogP contribution is 2.07. The van der Waals surface area contributed by atoms with E-state index in [9.17, 15) is 0 Å². The zero-order valence-electron chi connectivity index (χ0n) is 10.9. The van der Waals surface area contributed by atoms with Crippen LogP contribution in [0.1, 0.15) is 32.6 Å². The maximum atomic E-state index is 3.50. The summed E-state index contributed by atoms with van der Waals surface area (Å²) in [6.07, 6.45) is 0. The third-order valence-corrected chi connectivity index (χ3v) is 3.63. The van der Waals surface area contributed by atoms with Gasteiger partial charge < -0.3 is 5.32 Å². The van der Waals surface area contributed by atoms with Gasteiger partial charge in [0.1, 0.15) is 0 Å². The monoisotopic (exact) mass is 240 g/mol. The van der Waals surface area contributed by atoms with E-state index in [-0.39, 0.29) is 0 Å². The fourth-order valence-corrected chi connectivity index (χ4v) is 2.62. The van der Waals surface area contributed by atoms with E-state index in [1.807, 2.05) is 11.3 Å². The summed E-state index contributed by atoms with van der Waals surface area (Å²) in [5.74, 6) is 0. The van der Waals surface area contributed by atoms with Gasteiger partial charge in [0, 0.05) is 36.6 Å². The van der Waals surface area contributed by atoms with Crippen molar-refractivity contribution in [3.8, 4) is 0 Å². The molecule has 0 aromatic carbocycles. The van der Waals surface area contributed by atoms with Crippen molar-refractivity contribution in [3.05, 3.63) is 22.4 Å². The van der Waals surface area contributed by atoms with Crippen LogP contribution < -0.4 is 5.32 Å². The zero-order valence-corrected chi connectivity index (χ0v) is 11.7. The standard InChI is InChI=1S/C13H24N2S/c1-11(2)15(12(3)4)8-7-14-10-13-6-5-9-16-13/h5-6,9,11-12,14H,7-8,10H2,1-4H3. The molecule has 0 saturated carbocycles. The molecular weight excluding hydrogens is 216 g/mol. The van der Waals surface area contributed by atoms with E-state index in [0.717, 1.165) is 19.6 Å². The van der Waals surface area contributed by atoms with E-state index in [1.165, 1.54) is 4.88 Å². The van der Waals surface area contributed by atoms with Gasteiger partial charge in [0.05, 0.1) is 0 Å². The van der Waals surface area contributed by atoms with Gasteiger partial charge in [0.2, 0.25) is 0 Å². The minimum Gasteiger partial charge on any atom is -0.311 e. The lowest BCUT2D eigenvalue weighted by atomic mass is 10.2. The molecule has 16 heavy (non-hydrogen) atoms. The molecule has 0 aliphatic heterocycles. The van der Waals surface area contributed by atoms with Gasteiger partial charge in [-0.05, 0) is 39.1 Å². The van der Waals surface area contributed by atoms with E-state index < -0.39 is 0 Å². The molecule has 0 aliphatic carbocycles. The Labute approximate surface area is 104 Å². The topological polar surface area (TPSA) is 15.3 Å². The third kappa shape index (κ3) is 4.64. The summed E-state index contributed by atoms with van der Waals surface area (Å²) in [6, 6.07) is 5.54. The summed E-state index contributed by atoms with van der Waals surface area (Å²) in [5, 5.41) is 5.63. The number of nitrogens with one attached hydrogen (secondary N) is 1. The second-order valence-corrected chi connectivity index (χ2v) is 5.71. The van der Waals surface area contributed by atoms with Gasteiger partial charge >= 0.3 is 0 Å². The number of hydrogen-bond acceptors (Lipinski definition) is 3. The Kier molecular flexibility index (Phi) is 6.03. The summed E-state index contributed by atoms with van der Waals surface area (Å²) in [5.41, 5.74) is 0. The zero-order chi connectivity index (χ0) is 12.0. The van der Waals surface area contributed by atoms with E-state index >= 15 is 0 Å². The lowest BCUT2D eigenvalue weighted by Gasteiger charge is -2.30. The van der Waals surface area contributed by atoms with Gasteiger partial charge in [0.25, 0.3) is 0 Å². The molecule has 0 radical (unpaired) electrons. The molecule has 1 aromatic heterocycles. The molecule has 1 rings (SSSR count). The van der Waals surface area contributed by atoms with Crippen LogP contribution in [0, 0.1) is 0 Å². The first-order chi connectivity index (χ1) is 7.61. The minimum atomic E-state index is 0.628. The maximum absolute atomic E-state index is 3.50.